The lowest BCUT2D eigenvalue weighted by Crippen LogP contribution is -2.31. The second-order valence-corrected chi connectivity index (χ2v) is 10.2. The van der Waals surface area contributed by atoms with E-state index in [0.717, 1.165) is 0 Å². The SMILES string of the molecule is CN(CCC#N)C(=O)c1ccc2c(c1)N(Cc1cccc(Cl)c1)C(=O)c1ccccc1S2(=O)=O. The Hall–Kier alpha value is -3.67. The number of nitriles is 1. The fourth-order valence-electron chi connectivity index (χ4n) is 3.85. The first kappa shape index (κ1) is 23.5. The van der Waals surface area contributed by atoms with Crippen LogP contribution in [0.3, 0.4) is 0 Å². The number of hydrogen-bond acceptors (Lipinski definition) is 5. The zero-order valence-electron chi connectivity index (χ0n) is 18.2. The van der Waals surface area contributed by atoms with Gasteiger partial charge in [-0.25, -0.2) is 8.42 Å². The first-order valence-electron chi connectivity index (χ1n) is 10.4. The summed E-state index contributed by atoms with van der Waals surface area (Å²) in [7, 11) is -2.48. The van der Waals surface area contributed by atoms with Gasteiger partial charge in [0.05, 0.1) is 40.1 Å². The Morgan fingerprint density at radius 1 is 1.06 bits per heavy atom. The lowest BCUT2D eigenvalue weighted by Gasteiger charge is -2.24. The number of halogens is 1. The number of anilines is 1. The van der Waals surface area contributed by atoms with Crippen molar-refractivity contribution in [2.45, 2.75) is 22.8 Å². The molecule has 1 heterocycles. The van der Waals surface area contributed by atoms with Crippen LogP contribution in [0.4, 0.5) is 5.69 Å². The smallest absolute Gasteiger partial charge is 0.259 e. The normalized spacial score (nSPS) is 13.9. The van der Waals surface area contributed by atoms with Gasteiger partial charge in [0.15, 0.2) is 0 Å². The van der Waals surface area contributed by atoms with E-state index in [1.54, 1.807) is 43.4 Å². The highest BCUT2D eigenvalue weighted by molar-refractivity contribution is 7.91. The van der Waals surface area contributed by atoms with Gasteiger partial charge >= 0.3 is 0 Å². The van der Waals surface area contributed by atoms with Crippen molar-refractivity contribution in [2.24, 2.45) is 0 Å². The minimum Gasteiger partial charge on any atom is -0.341 e. The number of nitrogens with zero attached hydrogens (tertiary/aromatic N) is 3. The summed E-state index contributed by atoms with van der Waals surface area (Å²) >= 11 is 6.13. The van der Waals surface area contributed by atoms with Gasteiger partial charge in [-0.1, -0.05) is 35.9 Å². The number of fused-ring (bicyclic) bond motifs is 2. The van der Waals surface area contributed by atoms with Crippen molar-refractivity contribution in [1.82, 2.24) is 4.90 Å². The molecule has 0 fully saturated rings. The zero-order chi connectivity index (χ0) is 24.5. The third-order valence-electron chi connectivity index (χ3n) is 5.57. The van der Waals surface area contributed by atoms with E-state index < -0.39 is 15.7 Å². The van der Waals surface area contributed by atoms with Crippen LogP contribution in [0.2, 0.25) is 5.02 Å². The van der Waals surface area contributed by atoms with Gasteiger partial charge in [0.2, 0.25) is 9.84 Å². The number of benzene rings is 3. The van der Waals surface area contributed by atoms with Crippen LogP contribution in [0.15, 0.2) is 76.5 Å². The Bertz CT molecular complexity index is 1450. The third-order valence-corrected chi connectivity index (χ3v) is 7.67. The fourth-order valence-corrected chi connectivity index (χ4v) is 5.70. The maximum absolute atomic E-state index is 13.6. The summed E-state index contributed by atoms with van der Waals surface area (Å²) in [4.78, 5) is 29.2. The summed E-state index contributed by atoms with van der Waals surface area (Å²) < 4.78 is 27.1. The van der Waals surface area contributed by atoms with Crippen molar-refractivity contribution in [2.75, 3.05) is 18.5 Å². The van der Waals surface area contributed by atoms with Crippen LogP contribution >= 0.6 is 11.6 Å². The largest absolute Gasteiger partial charge is 0.341 e. The molecular weight excluding hydrogens is 474 g/mol. The van der Waals surface area contributed by atoms with Crippen molar-refractivity contribution >= 4 is 38.9 Å². The van der Waals surface area contributed by atoms with Gasteiger partial charge in [0.25, 0.3) is 11.8 Å². The Labute approximate surface area is 202 Å². The molecule has 0 atom stereocenters. The summed E-state index contributed by atoms with van der Waals surface area (Å²) in [6, 6.07) is 19.2. The first-order valence-corrected chi connectivity index (χ1v) is 12.3. The molecule has 172 valence electrons. The first-order chi connectivity index (χ1) is 16.2. The van der Waals surface area contributed by atoms with Crippen molar-refractivity contribution in [1.29, 1.82) is 5.26 Å². The van der Waals surface area contributed by atoms with Gasteiger partial charge in [-0.05, 0) is 48.0 Å². The fraction of sp³-hybridized carbons (Fsp3) is 0.160. The topological polar surface area (TPSA) is 98.5 Å². The van der Waals surface area contributed by atoms with Gasteiger partial charge < -0.3 is 9.80 Å². The quantitative estimate of drug-likeness (QED) is 0.527. The second-order valence-electron chi connectivity index (χ2n) is 7.84. The molecule has 0 saturated heterocycles. The van der Waals surface area contributed by atoms with Gasteiger partial charge in [0.1, 0.15) is 0 Å². The summed E-state index contributed by atoms with van der Waals surface area (Å²) in [5.41, 5.74) is 1.08. The maximum Gasteiger partial charge on any atom is 0.259 e. The van der Waals surface area contributed by atoms with E-state index in [1.165, 1.54) is 40.1 Å². The van der Waals surface area contributed by atoms with E-state index in [1.807, 2.05) is 6.07 Å². The molecule has 7 nitrogen and oxygen atoms in total. The van der Waals surface area contributed by atoms with Gasteiger partial charge in [-0.15, -0.1) is 0 Å². The van der Waals surface area contributed by atoms with E-state index in [2.05, 4.69) is 0 Å². The number of amides is 2. The molecule has 1 aliphatic rings. The van der Waals surface area contributed by atoms with Crippen LogP contribution < -0.4 is 4.90 Å². The molecule has 0 N–H and O–H groups in total. The minimum atomic E-state index is -4.04. The van der Waals surface area contributed by atoms with Crippen LogP contribution in [0, 0.1) is 11.3 Å². The average Bonchev–Trinajstić information content (AvgIpc) is 2.90. The molecule has 1 aliphatic heterocycles. The van der Waals surface area contributed by atoms with E-state index in [4.69, 9.17) is 16.9 Å². The molecule has 34 heavy (non-hydrogen) atoms. The molecule has 0 saturated carbocycles. The predicted octanol–water partition coefficient (Wildman–Crippen LogP) is 4.32. The van der Waals surface area contributed by atoms with Gasteiger partial charge in [-0.3, -0.25) is 9.59 Å². The molecule has 3 aromatic carbocycles. The summed E-state index contributed by atoms with van der Waals surface area (Å²) in [5.74, 6) is -0.882. The molecule has 4 rings (SSSR count). The molecule has 0 spiro atoms. The number of carbonyl (C=O) groups excluding carboxylic acids is 2. The second kappa shape index (κ2) is 9.29. The molecule has 0 unspecified atom stereocenters. The standard InChI is InChI=1S/C25H20ClN3O4S/c1-28(13-5-12-27)24(30)18-10-11-23-21(15-18)29(16-17-6-4-7-19(26)14-17)25(31)20-8-2-3-9-22(20)34(23,32)33/h2-4,6-11,14-15H,5,13,16H2,1H3. The van der Waals surface area contributed by atoms with Crippen LogP contribution in [-0.4, -0.2) is 38.7 Å². The molecule has 3 aromatic rings. The highest BCUT2D eigenvalue weighted by atomic mass is 35.5. The van der Waals surface area contributed by atoms with Crippen LogP contribution in [0.25, 0.3) is 0 Å². The number of sulfone groups is 1. The molecule has 2 amide bonds. The van der Waals surface area contributed by atoms with Crippen molar-refractivity contribution in [3.05, 3.63) is 88.4 Å². The third kappa shape index (κ3) is 4.28. The number of rotatable bonds is 5. The average molecular weight is 494 g/mol. The Morgan fingerprint density at radius 2 is 1.82 bits per heavy atom. The van der Waals surface area contributed by atoms with E-state index in [-0.39, 0.29) is 52.0 Å². The van der Waals surface area contributed by atoms with Crippen LogP contribution in [-0.2, 0) is 16.4 Å². The molecule has 9 heteroatoms. The van der Waals surface area contributed by atoms with Crippen molar-refractivity contribution in [3.63, 3.8) is 0 Å². The van der Waals surface area contributed by atoms with Gasteiger partial charge in [-0.2, -0.15) is 5.26 Å². The molecule has 0 radical (unpaired) electrons. The minimum absolute atomic E-state index is 0.0537. The van der Waals surface area contributed by atoms with Crippen LogP contribution in [0.5, 0.6) is 0 Å². The maximum atomic E-state index is 13.6. The van der Waals surface area contributed by atoms with E-state index >= 15 is 0 Å². The predicted molar refractivity (Wildman–Crippen MR) is 127 cm³/mol. The monoisotopic (exact) mass is 493 g/mol. The Balaban J connectivity index is 1.90. The molecule has 0 aliphatic carbocycles. The highest BCUT2D eigenvalue weighted by Crippen LogP contribution is 2.38. The van der Waals surface area contributed by atoms with Crippen LogP contribution in [0.1, 0.15) is 32.7 Å². The van der Waals surface area contributed by atoms with E-state index in [0.29, 0.717) is 10.6 Å². The lowest BCUT2D eigenvalue weighted by molar-refractivity contribution is 0.0797. The number of carbonyl (C=O) groups is 2. The highest BCUT2D eigenvalue weighted by Gasteiger charge is 2.36. The van der Waals surface area contributed by atoms with E-state index in [9.17, 15) is 18.0 Å². The lowest BCUT2D eigenvalue weighted by atomic mass is 10.1. The summed E-state index contributed by atoms with van der Waals surface area (Å²) in [6.45, 7) is 0.277. The molecular formula is C25H20ClN3O4S. The van der Waals surface area contributed by atoms with Gasteiger partial charge in [0, 0.05) is 24.2 Å². The molecule has 0 bridgehead atoms. The zero-order valence-corrected chi connectivity index (χ0v) is 19.8. The summed E-state index contributed by atoms with van der Waals surface area (Å²) in [5, 5.41) is 9.30. The Kier molecular flexibility index (Phi) is 6.42. The van der Waals surface area contributed by atoms with Crippen molar-refractivity contribution < 1.29 is 18.0 Å². The summed E-state index contributed by atoms with van der Waals surface area (Å²) in [6.07, 6.45) is 0.163. The molecule has 0 aromatic heterocycles. The van der Waals surface area contributed by atoms with Crippen molar-refractivity contribution in [3.8, 4) is 6.07 Å². The Morgan fingerprint density at radius 3 is 2.56 bits per heavy atom. The number of hydrogen-bond donors (Lipinski definition) is 0.